The second-order valence-electron chi connectivity index (χ2n) is 10.0. The first-order chi connectivity index (χ1) is 19.8. The number of ether oxygens (including phenoxy) is 3. The number of sulfone groups is 1. The van der Waals surface area contributed by atoms with Crippen molar-refractivity contribution in [2.75, 3.05) is 25.2 Å². The van der Waals surface area contributed by atoms with Crippen LogP contribution in [0.1, 0.15) is 61.4 Å². The summed E-state index contributed by atoms with van der Waals surface area (Å²) in [7, 11) is -1.62. The summed E-state index contributed by atoms with van der Waals surface area (Å²) in [4.78, 5) is 16.5. The van der Waals surface area contributed by atoms with E-state index < -0.39 is 9.84 Å². The average Bonchev–Trinajstić information content (AvgIpc) is 3.17. The number of hydrogen-bond donors (Lipinski definition) is 0. The third-order valence-corrected chi connectivity index (χ3v) is 8.96. The van der Waals surface area contributed by atoms with E-state index in [4.69, 9.17) is 19.2 Å². The third kappa shape index (κ3) is 8.34. The van der Waals surface area contributed by atoms with Gasteiger partial charge in [0, 0.05) is 17.4 Å². The Bertz CT molecular complexity index is 1520. The molecule has 8 heteroatoms. The molecule has 0 bridgehead atoms. The maximum atomic E-state index is 11.8. The van der Waals surface area contributed by atoms with Crippen LogP contribution in [0.3, 0.4) is 0 Å². The summed E-state index contributed by atoms with van der Waals surface area (Å²) in [5.41, 5.74) is 6.53. The van der Waals surface area contributed by atoms with Crippen molar-refractivity contribution in [1.82, 2.24) is 4.98 Å². The number of hydrogen-bond acceptors (Lipinski definition) is 7. The van der Waals surface area contributed by atoms with Gasteiger partial charge in [-0.1, -0.05) is 37.1 Å². The lowest BCUT2D eigenvalue weighted by Gasteiger charge is -2.14. The number of aryl methyl sites for hydroxylation is 2. The highest BCUT2D eigenvalue weighted by molar-refractivity contribution is 7.91. The van der Waals surface area contributed by atoms with E-state index in [-0.39, 0.29) is 29.8 Å². The number of benzene rings is 2. The van der Waals surface area contributed by atoms with E-state index in [9.17, 15) is 13.2 Å². The van der Waals surface area contributed by atoms with Crippen LogP contribution in [0.5, 0.6) is 11.6 Å². The first-order valence-electron chi connectivity index (χ1n) is 14.0. The molecule has 4 rings (SSSR count). The van der Waals surface area contributed by atoms with Crippen LogP contribution < -0.4 is 9.47 Å². The molecule has 216 valence electrons. The van der Waals surface area contributed by atoms with Gasteiger partial charge < -0.3 is 14.2 Å². The number of carbonyl (C=O) groups excluding carboxylic acids is 1. The molecule has 0 N–H and O–H groups in total. The second kappa shape index (κ2) is 14.2. The Morgan fingerprint density at radius 2 is 1.83 bits per heavy atom. The third-order valence-electron chi connectivity index (χ3n) is 7.17. The van der Waals surface area contributed by atoms with Crippen LogP contribution in [0.2, 0.25) is 0 Å². The monoisotopic (exact) mass is 575 g/mol. The SMILES string of the molecule is CC#CC(CC(=O)OC)c1ccc(OCc2ccc3c(c2)-c2ccc(OCCCS(=O)(=O)CC)nc2CCC3)cc1. The molecule has 2 aromatic carbocycles. The van der Waals surface area contributed by atoms with Crippen molar-refractivity contribution >= 4 is 15.8 Å². The fraction of sp³-hybridized carbons (Fsp3) is 0.394. The van der Waals surface area contributed by atoms with E-state index in [0.717, 1.165) is 53.0 Å². The van der Waals surface area contributed by atoms with Gasteiger partial charge in [0.05, 0.1) is 37.5 Å². The highest BCUT2D eigenvalue weighted by Crippen LogP contribution is 2.34. The van der Waals surface area contributed by atoms with Gasteiger partial charge in [-0.05, 0) is 79.1 Å². The van der Waals surface area contributed by atoms with E-state index >= 15 is 0 Å². The molecule has 3 aromatic rings. The van der Waals surface area contributed by atoms with Gasteiger partial charge in [-0.15, -0.1) is 5.92 Å². The summed E-state index contributed by atoms with van der Waals surface area (Å²) in [6.45, 7) is 4.15. The van der Waals surface area contributed by atoms with Gasteiger partial charge in [-0.3, -0.25) is 4.79 Å². The molecule has 1 heterocycles. The Kier molecular flexibility index (Phi) is 10.4. The van der Waals surface area contributed by atoms with Gasteiger partial charge >= 0.3 is 5.97 Å². The maximum Gasteiger partial charge on any atom is 0.307 e. The van der Waals surface area contributed by atoms with E-state index in [0.29, 0.717) is 25.5 Å². The quantitative estimate of drug-likeness (QED) is 0.156. The van der Waals surface area contributed by atoms with Gasteiger partial charge in [-0.25, -0.2) is 13.4 Å². The summed E-state index contributed by atoms with van der Waals surface area (Å²) >= 11 is 0. The first-order valence-corrected chi connectivity index (χ1v) is 15.8. The molecule has 1 aromatic heterocycles. The van der Waals surface area contributed by atoms with Gasteiger partial charge in [0.15, 0.2) is 0 Å². The minimum Gasteiger partial charge on any atom is -0.489 e. The van der Waals surface area contributed by atoms with Gasteiger partial charge in [0.1, 0.15) is 22.2 Å². The van der Waals surface area contributed by atoms with E-state index in [1.54, 1.807) is 13.8 Å². The summed E-state index contributed by atoms with van der Waals surface area (Å²) in [5.74, 6) is 7.01. The summed E-state index contributed by atoms with van der Waals surface area (Å²) in [6, 6.07) is 18.1. The molecular weight excluding hydrogens is 538 g/mol. The fourth-order valence-electron chi connectivity index (χ4n) is 4.87. The van der Waals surface area contributed by atoms with Crippen molar-refractivity contribution in [3.05, 3.63) is 77.0 Å². The molecule has 1 unspecified atom stereocenters. The van der Waals surface area contributed by atoms with Crippen molar-refractivity contribution < 1.29 is 27.4 Å². The lowest BCUT2D eigenvalue weighted by molar-refractivity contribution is -0.140. The lowest BCUT2D eigenvalue weighted by atomic mass is 9.96. The van der Waals surface area contributed by atoms with Crippen LogP contribution in [0.15, 0.2) is 54.6 Å². The number of nitrogens with zero attached hydrogens (tertiary/aromatic N) is 1. The molecule has 41 heavy (non-hydrogen) atoms. The van der Waals surface area contributed by atoms with Crippen LogP contribution in [0.4, 0.5) is 0 Å². The highest BCUT2D eigenvalue weighted by atomic mass is 32.2. The maximum absolute atomic E-state index is 11.8. The number of methoxy groups -OCH3 is 1. The lowest BCUT2D eigenvalue weighted by Crippen LogP contribution is -2.12. The number of rotatable bonds is 12. The zero-order chi connectivity index (χ0) is 29.2. The Morgan fingerprint density at radius 1 is 1.02 bits per heavy atom. The number of pyridine rings is 1. The van der Waals surface area contributed by atoms with Crippen LogP contribution in [-0.4, -0.2) is 44.6 Å². The summed E-state index contributed by atoms with van der Waals surface area (Å²) in [5, 5.41) is 0. The van der Waals surface area contributed by atoms with Crippen molar-refractivity contribution in [2.24, 2.45) is 0 Å². The molecule has 0 fully saturated rings. The predicted octanol–water partition coefficient (Wildman–Crippen LogP) is 5.69. The molecule has 0 amide bonds. The zero-order valence-corrected chi connectivity index (χ0v) is 24.8. The first kappa shape index (κ1) is 30.1. The number of fused-ring (bicyclic) bond motifs is 3. The molecule has 0 aliphatic heterocycles. The molecule has 1 aliphatic carbocycles. The predicted molar refractivity (Wildman–Crippen MR) is 160 cm³/mol. The van der Waals surface area contributed by atoms with Gasteiger partial charge in [0.25, 0.3) is 0 Å². The molecular formula is C33H37NO6S. The van der Waals surface area contributed by atoms with E-state index in [1.165, 1.54) is 12.7 Å². The smallest absolute Gasteiger partial charge is 0.307 e. The second-order valence-corrected chi connectivity index (χ2v) is 12.5. The minimum absolute atomic E-state index is 0.125. The highest BCUT2D eigenvalue weighted by Gasteiger charge is 2.18. The Labute approximate surface area is 243 Å². The van der Waals surface area contributed by atoms with Crippen LogP contribution in [0, 0.1) is 11.8 Å². The van der Waals surface area contributed by atoms with E-state index in [1.807, 2.05) is 30.3 Å². The zero-order valence-electron chi connectivity index (χ0n) is 23.9. The Hall–Kier alpha value is -3.83. The van der Waals surface area contributed by atoms with Crippen molar-refractivity contribution in [1.29, 1.82) is 0 Å². The summed E-state index contributed by atoms with van der Waals surface area (Å²) < 4.78 is 40.1. The number of aromatic nitrogens is 1. The summed E-state index contributed by atoms with van der Waals surface area (Å²) in [6.07, 6.45) is 3.47. The van der Waals surface area contributed by atoms with Crippen molar-refractivity contribution in [2.45, 2.75) is 58.5 Å². The molecule has 0 radical (unpaired) electrons. The molecule has 1 aliphatic rings. The minimum atomic E-state index is -3.00. The van der Waals surface area contributed by atoms with E-state index in [2.05, 4.69) is 36.1 Å². The standard InChI is InChI=1S/C33H37NO6S/c1-4-8-27(22-33(35)38-3)25-13-15-28(16-14-25)40-23-24-11-12-26-9-6-10-31-29(30(26)21-24)17-18-32(34-31)39-19-7-20-41(36,37)5-2/h11-18,21,27H,5-7,9-10,19-20,22-23H2,1-3H3. The molecule has 0 spiro atoms. The Morgan fingerprint density at radius 3 is 2.56 bits per heavy atom. The normalized spacial score (nSPS) is 13.0. The van der Waals surface area contributed by atoms with Gasteiger partial charge in [0.2, 0.25) is 5.88 Å². The molecule has 0 saturated heterocycles. The molecule has 0 saturated carbocycles. The van der Waals surface area contributed by atoms with Crippen molar-refractivity contribution in [3.8, 4) is 34.6 Å². The van der Waals surface area contributed by atoms with Crippen LogP contribution in [-0.2, 0) is 38.8 Å². The topological polar surface area (TPSA) is 91.8 Å². The number of esters is 1. The van der Waals surface area contributed by atoms with Crippen molar-refractivity contribution in [3.63, 3.8) is 0 Å². The van der Waals surface area contributed by atoms with Gasteiger partial charge in [-0.2, -0.15) is 0 Å². The Balaban J connectivity index is 1.42. The van der Waals surface area contributed by atoms with Crippen LogP contribution >= 0.6 is 0 Å². The molecule has 7 nitrogen and oxygen atoms in total. The molecule has 1 atom stereocenters. The number of carbonyl (C=O) groups is 1. The fourth-order valence-corrected chi connectivity index (χ4v) is 5.71. The average molecular weight is 576 g/mol. The van der Waals surface area contributed by atoms with Crippen LogP contribution in [0.25, 0.3) is 11.1 Å². The largest absolute Gasteiger partial charge is 0.489 e.